The van der Waals surface area contributed by atoms with E-state index in [-0.39, 0.29) is 16.6 Å². The summed E-state index contributed by atoms with van der Waals surface area (Å²) >= 11 is 0. The standard InChI is InChI=1S/C26H28N6O4S/c1-36-25-17-23-24(16-22(25)18-5-4-6-20(33)15-18)30-31-26(29-23)28-19-7-9-21(10-8-19)37(34,35)27-11-14-32-12-2-3-13-32/h4-10,15-17,27,33H,2-3,11-14H2,1H3,(H,28,29,31). The van der Waals surface area contributed by atoms with Crippen LogP contribution in [0.25, 0.3) is 22.2 Å². The number of benzene rings is 3. The molecule has 2 heterocycles. The Balaban J connectivity index is 1.30. The number of ether oxygens (including phenoxy) is 1. The van der Waals surface area contributed by atoms with Crippen molar-refractivity contribution in [1.29, 1.82) is 0 Å². The largest absolute Gasteiger partial charge is 0.508 e. The van der Waals surface area contributed by atoms with Crippen molar-refractivity contribution in [2.24, 2.45) is 0 Å². The van der Waals surface area contributed by atoms with E-state index in [0.717, 1.165) is 24.2 Å². The molecule has 0 radical (unpaired) electrons. The van der Waals surface area contributed by atoms with Gasteiger partial charge in [0.05, 0.1) is 17.5 Å². The summed E-state index contributed by atoms with van der Waals surface area (Å²) in [4.78, 5) is 6.99. The minimum atomic E-state index is -3.59. The Hall–Kier alpha value is -3.80. The highest BCUT2D eigenvalue weighted by Gasteiger charge is 2.16. The lowest BCUT2D eigenvalue weighted by molar-refractivity contribution is 0.344. The summed E-state index contributed by atoms with van der Waals surface area (Å²) in [6.45, 7) is 3.15. The van der Waals surface area contributed by atoms with Crippen molar-refractivity contribution in [2.45, 2.75) is 17.7 Å². The van der Waals surface area contributed by atoms with Gasteiger partial charge in [0.1, 0.15) is 17.0 Å². The Bertz CT molecular complexity index is 1510. The monoisotopic (exact) mass is 520 g/mol. The Morgan fingerprint density at radius 3 is 2.51 bits per heavy atom. The number of likely N-dealkylation sites (tertiary alicyclic amines) is 1. The van der Waals surface area contributed by atoms with E-state index in [2.05, 4.69) is 30.1 Å². The lowest BCUT2D eigenvalue weighted by Crippen LogP contribution is -2.33. The van der Waals surface area contributed by atoms with Crippen molar-refractivity contribution in [1.82, 2.24) is 24.8 Å². The highest BCUT2D eigenvalue weighted by atomic mass is 32.2. The summed E-state index contributed by atoms with van der Waals surface area (Å²) in [5.41, 5.74) is 3.29. The third-order valence-corrected chi connectivity index (χ3v) is 7.75. The van der Waals surface area contributed by atoms with Crippen LogP contribution in [0.5, 0.6) is 11.5 Å². The molecule has 0 atom stereocenters. The predicted molar refractivity (Wildman–Crippen MR) is 142 cm³/mol. The van der Waals surface area contributed by atoms with E-state index in [1.54, 1.807) is 55.6 Å². The molecule has 3 N–H and O–H groups in total. The molecular formula is C26H28N6O4S. The van der Waals surface area contributed by atoms with Crippen molar-refractivity contribution in [3.8, 4) is 22.6 Å². The molecule has 192 valence electrons. The van der Waals surface area contributed by atoms with Crippen LogP contribution >= 0.6 is 0 Å². The van der Waals surface area contributed by atoms with Crippen molar-refractivity contribution in [2.75, 3.05) is 38.6 Å². The molecule has 0 unspecified atom stereocenters. The maximum atomic E-state index is 12.6. The molecule has 11 heteroatoms. The van der Waals surface area contributed by atoms with E-state index in [4.69, 9.17) is 4.74 Å². The van der Waals surface area contributed by atoms with Crippen LogP contribution in [0, 0.1) is 0 Å². The fraction of sp³-hybridized carbons (Fsp3) is 0.269. The SMILES string of the molecule is COc1cc2nc(Nc3ccc(S(=O)(=O)NCCN4CCCC4)cc3)nnc2cc1-c1cccc(O)c1. The van der Waals surface area contributed by atoms with Crippen LogP contribution in [0.4, 0.5) is 11.6 Å². The number of hydrogen-bond acceptors (Lipinski definition) is 9. The number of phenols is 1. The number of fused-ring (bicyclic) bond motifs is 1. The molecule has 1 saturated heterocycles. The molecule has 5 rings (SSSR count). The fourth-order valence-corrected chi connectivity index (χ4v) is 5.38. The van der Waals surface area contributed by atoms with Crippen LogP contribution in [0.15, 0.2) is 65.6 Å². The molecule has 0 spiro atoms. The highest BCUT2D eigenvalue weighted by molar-refractivity contribution is 7.89. The van der Waals surface area contributed by atoms with Gasteiger partial charge in [0, 0.05) is 30.4 Å². The average molecular weight is 521 g/mol. The fourth-order valence-electron chi connectivity index (χ4n) is 4.36. The topological polar surface area (TPSA) is 130 Å². The van der Waals surface area contributed by atoms with Crippen molar-refractivity contribution in [3.05, 3.63) is 60.7 Å². The summed E-state index contributed by atoms with van der Waals surface area (Å²) < 4.78 is 33.5. The van der Waals surface area contributed by atoms with Crippen molar-refractivity contribution in [3.63, 3.8) is 0 Å². The molecule has 37 heavy (non-hydrogen) atoms. The second-order valence-corrected chi connectivity index (χ2v) is 10.6. The van der Waals surface area contributed by atoms with Crippen LogP contribution in [-0.4, -0.2) is 66.9 Å². The Labute approximate surface area is 215 Å². The molecule has 0 amide bonds. The molecule has 0 bridgehead atoms. The van der Waals surface area contributed by atoms with Gasteiger partial charge in [-0.05, 0) is 74.0 Å². The lowest BCUT2D eigenvalue weighted by Gasteiger charge is -2.15. The van der Waals surface area contributed by atoms with Gasteiger partial charge >= 0.3 is 0 Å². The molecule has 10 nitrogen and oxygen atoms in total. The number of rotatable bonds is 9. The molecule has 1 aliphatic rings. The normalized spacial score (nSPS) is 14.2. The number of methoxy groups -OCH3 is 1. The van der Waals surface area contributed by atoms with E-state index >= 15 is 0 Å². The zero-order chi connectivity index (χ0) is 25.8. The molecule has 3 aromatic carbocycles. The van der Waals surface area contributed by atoms with Gasteiger partial charge in [-0.3, -0.25) is 0 Å². The van der Waals surface area contributed by atoms with Crippen LogP contribution in [0.2, 0.25) is 0 Å². The van der Waals surface area contributed by atoms with Gasteiger partial charge in [-0.25, -0.2) is 18.1 Å². The Morgan fingerprint density at radius 2 is 1.78 bits per heavy atom. The third kappa shape index (κ3) is 5.79. The number of nitrogens with one attached hydrogen (secondary N) is 2. The van der Waals surface area contributed by atoms with Gasteiger partial charge in [-0.15, -0.1) is 10.2 Å². The van der Waals surface area contributed by atoms with Crippen LogP contribution in [-0.2, 0) is 10.0 Å². The first-order valence-corrected chi connectivity index (χ1v) is 13.5. The van der Waals surface area contributed by atoms with E-state index in [1.807, 2.05) is 12.1 Å². The van der Waals surface area contributed by atoms with Gasteiger partial charge < -0.3 is 20.1 Å². The second-order valence-electron chi connectivity index (χ2n) is 8.82. The number of aromatic nitrogens is 3. The molecule has 4 aromatic rings. The van der Waals surface area contributed by atoms with Crippen LogP contribution in [0.1, 0.15) is 12.8 Å². The number of phenolic OH excluding ortho intramolecular Hbond substituents is 1. The Morgan fingerprint density at radius 1 is 1.00 bits per heavy atom. The minimum Gasteiger partial charge on any atom is -0.508 e. The van der Waals surface area contributed by atoms with Crippen molar-refractivity contribution < 1.29 is 18.3 Å². The zero-order valence-corrected chi connectivity index (χ0v) is 21.2. The van der Waals surface area contributed by atoms with Crippen LogP contribution < -0.4 is 14.8 Å². The average Bonchev–Trinajstić information content (AvgIpc) is 3.41. The smallest absolute Gasteiger partial charge is 0.247 e. The van der Waals surface area contributed by atoms with E-state index < -0.39 is 10.0 Å². The second kappa shape index (κ2) is 10.7. The highest BCUT2D eigenvalue weighted by Crippen LogP contribution is 2.34. The first kappa shape index (κ1) is 24.9. The van der Waals surface area contributed by atoms with E-state index in [9.17, 15) is 13.5 Å². The van der Waals surface area contributed by atoms with E-state index in [0.29, 0.717) is 35.6 Å². The number of hydrogen-bond donors (Lipinski definition) is 3. The summed E-state index contributed by atoms with van der Waals surface area (Å²) in [5.74, 6) is 0.996. The quantitative estimate of drug-likeness (QED) is 0.303. The molecular weight excluding hydrogens is 492 g/mol. The maximum absolute atomic E-state index is 12.6. The number of aromatic hydroxyl groups is 1. The van der Waals surface area contributed by atoms with Gasteiger partial charge in [0.15, 0.2) is 0 Å². The molecule has 0 aliphatic carbocycles. The summed E-state index contributed by atoms with van der Waals surface area (Å²) in [7, 11) is -2.02. The molecule has 1 fully saturated rings. The first-order chi connectivity index (χ1) is 17.9. The summed E-state index contributed by atoms with van der Waals surface area (Å²) in [6.07, 6.45) is 2.34. The van der Waals surface area contributed by atoms with E-state index in [1.165, 1.54) is 12.8 Å². The molecule has 1 aromatic heterocycles. The maximum Gasteiger partial charge on any atom is 0.247 e. The Kier molecular flexibility index (Phi) is 7.17. The number of sulfonamides is 1. The molecule has 0 saturated carbocycles. The van der Waals surface area contributed by atoms with Crippen LogP contribution in [0.3, 0.4) is 0 Å². The summed E-state index contributed by atoms with van der Waals surface area (Å²) in [5, 5.41) is 21.3. The lowest BCUT2D eigenvalue weighted by atomic mass is 10.0. The van der Waals surface area contributed by atoms with Gasteiger partial charge in [0.2, 0.25) is 16.0 Å². The third-order valence-electron chi connectivity index (χ3n) is 6.27. The van der Waals surface area contributed by atoms with Gasteiger partial charge in [0.25, 0.3) is 0 Å². The van der Waals surface area contributed by atoms with Gasteiger partial charge in [-0.1, -0.05) is 12.1 Å². The zero-order valence-electron chi connectivity index (χ0n) is 20.4. The number of nitrogens with zero attached hydrogens (tertiary/aromatic N) is 4. The van der Waals surface area contributed by atoms with Crippen molar-refractivity contribution >= 4 is 32.7 Å². The molecule has 1 aliphatic heterocycles. The minimum absolute atomic E-state index is 0.153. The predicted octanol–water partition coefficient (Wildman–Crippen LogP) is 3.52. The summed E-state index contributed by atoms with van der Waals surface area (Å²) in [6, 6.07) is 16.8. The first-order valence-electron chi connectivity index (χ1n) is 12.0. The number of anilines is 2. The van der Waals surface area contributed by atoms with Gasteiger partial charge in [-0.2, -0.15) is 0 Å².